The standard InChI is InChI=1S/C19H18F2N2O2.C5H11NS/c1-11(2)18-16-8-13(10-24)12(3)7-17(16)23(22-18)14-5-4-6-15(9-14)25-19(20)21;1-5(6-2)3-7-4-5/h4-11,19H,1-3H3;6H,3-4H2,1-2H3. The average Bonchev–Trinajstić information content (AvgIpc) is 3.10. The van der Waals surface area contributed by atoms with E-state index in [2.05, 4.69) is 22.1 Å². The molecule has 4 rings (SSSR count). The van der Waals surface area contributed by atoms with Crippen LogP contribution in [0.3, 0.4) is 0 Å². The molecule has 0 radical (unpaired) electrons. The summed E-state index contributed by atoms with van der Waals surface area (Å²) in [6, 6.07) is 10.1. The Labute approximate surface area is 191 Å². The lowest BCUT2D eigenvalue weighted by atomic mass is 10.0. The van der Waals surface area contributed by atoms with Crippen molar-refractivity contribution < 1.29 is 18.3 Å². The SMILES string of the molecule is CNC1(C)CSC1.Cc1cc2c(cc1C=O)c(C(C)C)nn2-c1cccc(OC(F)F)c1. The number of halogens is 2. The summed E-state index contributed by atoms with van der Waals surface area (Å²) in [7, 11) is 2.03. The first-order chi connectivity index (χ1) is 15.2. The average molecular weight is 462 g/mol. The van der Waals surface area contributed by atoms with E-state index in [0.29, 0.717) is 16.8 Å². The minimum absolute atomic E-state index is 0.0727. The molecule has 5 nitrogen and oxygen atoms in total. The van der Waals surface area contributed by atoms with Gasteiger partial charge in [0.25, 0.3) is 0 Å². The summed E-state index contributed by atoms with van der Waals surface area (Å²) in [5, 5.41) is 8.79. The Hall–Kier alpha value is -2.45. The summed E-state index contributed by atoms with van der Waals surface area (Å²) in [5.41, 5.74) is 4.21. The molecule has 0 unspecified atom stereocenters. The Bertz CT molecular complexity index is 1090. The molecule has 0 spiro atoms. The molecule has 32 heavy (non-hydrogen) atoms. The van der Waals surface area contributed by atoms with Gasteiger partial charge >= 0.3 is 6.61 Å². The molecule has 1 aliphatic heterocycles. The summed E-state index contributed by atoms with van der Waals surface area (Å²) >= 11 is 2.01. The normalized spacial score (nSPS) is 14.8. The number of ether oxygens (including phenoxy) is 1. The highest BCUT2D eigenvalue weighted by molar-refractivity contribution is 8.00. The molecule has 172 valence electrons. The number of rotatable bonds is 6. The van der Waals surface area contributed by atoms with Crippen LogP contribution in [0.25, 0.3) is 16.6 Å². The Balaban J connectivity index is 0.000000352. The molecule has 1 saturated heterocycles. The summed E-state index contributed by atoms with van der Waals surface area (Å²) < 4.78 is 31.1. The van der Waals surface area contributed by atoms with E-state index in [1.54, 1.807) is 16.8 Å². The van der Waals surface area contributed by atoms with Crippen LogP contribution in [0.5, 0.6) is 5.75 Å². The second-order valence-electron chi connectivity index (χ2n) is 8.47. The minimum Gasteiger partial charge on any atom is -0.435 e. The van der Waals surface area contributed by atoms with Crippen LogP contribution >= 0.6 is 11.8 Å². The van der Waals surface area contributed by atoms with Crippen molar-refractivity contribution >= 4 is 29.0 Å². The smallest absolute Gasteiger partial charge is 0.387 e. The topological polar surface area (TPSA) is 56.2 Å². The zero-order valence-corrected chi connectivity index (χ0v) is 19.8. The Kier molecular flexibility index (Phi) is 7.56. The number of fused-ring (bicyclic) bond motifs is 1. The number of hydrogen-bond donors (Lipinski definition) is 1. The van der Waals surface area contributed by atoms with E-state index in [9.17, 15) is 13.6 Å². The molecular formula is C24H29F2N3O2S. The van der Waals surface area contributed by atoms with E-state index in [1.807, 2.05) is 51.7 Å². The van der Waals surface area contributed by atoms with Gasteiger partial charge in [-0.1, -0.05) is 19.9 Å². The predicted molar refractivity (Wildman–Crippen MR) is 127 cm³/mol. The number of carbonyl (C=O) groups is 1. The maximum absolute atomic E-state index is 12.5. The Morgan fingerprint density at radius 2 is 1.97 bits per heavy atom. The van der Waals surface area contributed by atoms with Gasteiger partial charge in [0.05, 0.1) is 16.9 Å². The van der Waals surface area contributed by atoms with E-state index in [4.69, 9.17) is 0 Å². The highest BCUT2D eigenvalue weighted by atomic mass is 32.2. The maximum atomic E-state index is 12.5. The van der Waals surface area contributed by atoms with Gasteiger partial charge < -0.3 is 10.1 Å². The van der Waals surface area contributed by atoms with Crippen molar-refractivity contribution in [2.75, 3.05) is 18.6 Å². The van der Waals surface area contributed by atoms with Crippen molar-refractivity contribution in [3.63, 3.8) is 0 Å². The number of thioether (sulfide) groups is 1. The van der Waals surface area contributed by atoms with Crippen molar-refractivity contribution in [3.8, 4) is 11.4 Å². The third-order valence-corrected chi connectivity index (χ3v) is 7.18. The summed E-state index contributed by atoms with van der Waals surface area (Å²) in [4.78, 5) is 11.3. The first kappa shape index (κ1) is 24.2. The highest BCUT2D eigenvalue weighted by Crippen LogP contribution is 2.30. The van der Waals surface area contributed by atoms with Crippen LogP contribution in [0.1, 0.15) is 48.3 Å². The molecule has 1 N–H and O–H groups in total. The zero-order chi connectivity index (χ0) is 23.5. The molecule has 3 aromatic rings. The van der Waals surface area contributed by atoms with Gasteiger partial charge in [-0.25, -0.2) is 4.68 Å². The fraction of sp³-hybridized carbons (Fsp3) is 0.417. The molecule has 0 bridgehead atoms. The molecule has 8 heteroatoms. The molecular weight excluding hydrogens is 432 g/mol. The molecule has 2 aromatic carbocycles. The quantitative estimate of drug-likeness (QED) is 0.486. The lowest BCUT2D eigenvalue weighted by Gasteiger charge is -2.37. The fourth-order valence-corrected chi connectivity index (χ4v) is 4.50. The van der Waals surface area contributed by atoms with Crippen molar-refractivity contribution in [3.05, 3.63) is 53.2 Å². The zero-order valence-electron chi connectivity index (χ0n) is 19.0. The van der Waals surface area contributed by atoms with Crippen molar-refractivity contribution in [2.24, 2.45) is 0 Å². The second-order valence-corrected chi connectivity index (χ2v) is 9.46. The van der Waals surface area contributed by atoms with Gasteiger partial charge in [0.15, 0.2) is 0 Å². The molecule has 0 atom stereocenters. The molecule has 0 saturated carbocycles. The maximum Gasteiger partial charge on any atom is 0.387 e. The third kappa shape index (κ3) is 5.30. The number of benzene rings is 2. The summed E-state index contributed by atoms with van der Waals surface area (Å²) in [6.07, 6.45) is 0.827. The van der Waals surface area contributed by atoms with Crippen molar-refractivity contribution in [2.45, 2.75) is 45.8 Å². The number of carbonyl (C=O) groups excluding carboxylic acids is 1. The van der Waals surface area contributed by atoms with E-state index in [-0.39, 0.29) is 11.7 Å². The van der Waals surface area contributed by atoms with Crippen LogP contribution < -0.4 is 10.1 Å². The van der Waals surface area contributed by atoms with Crippen LogP contribution in [0, 0.1) is 6.92 Å². The predicted octanol–water partition coefficient (Wildman–Crippen LogP) is 5.58. The van der Waals surface area contributed by atoms with Crippen molar-refractivity contribution in [1.82, 2.24) is 15.1 Å². The first-order valence-electron chi connectivity index (χ1n) is 10.5. The largest absolute Gasteiger partial charge is 0.435 e. The first-order valence-corrected chi connectivity index (χ1v) is 11.6. The second kappa shape index (κ2) is 10.0. The number of aromatic nitrogens is 2. The van der Waals surface area contributed by atoms with Crippen LogP contribution in [0.2, 0.25) is 0 Å². The number of aryl methyl sites for hydroxylation is 1. The highest BCUT2D eigenvalue weighted by Gasteiger charge is 2.29. The lowest BCUT2D eigenvalue weighted by molar-refractivity contribution is -0.0498. The van der Waals surface area contributed by atoms with Gasteiger partial charge in [-0.15, -0.1) is 0 Å². The summed E-state index contributed by atoms with van der Waals surface area (Å²) in [6.45, 7) is 5.26. The van der Waals surface area contributed by atoms with E-state index < -0.39 is 6.61 Å². The lowest BCUT2D eigenvalue weighted by Crippen LogP contribution is -2.51. The Morgan fingerprint density at radius 1 is 1.25 bits per heavy atom. The number of nitrogens with one attached hydrogen (secondary N) is 1. The molecule has 1 aromatic heterocycles. The molecule has 1 aliphatic rings. The monoisotopic (exact) mass is 461 g/mol. The van der Waals surface area contributed by atoms with Crippen LogP contribution in [0.15, 0.2) is 36.4 Å². The number of nitrogens with zero attached hydrogens (tertiary/aromatic N) is 2. The van der Waals surface area contributed by atoms with Gasteiger partial charge in [-0.05, 0) is 56.6 Å². The van der Waals surface area contributed by atoms with Gasteiger partial charge in [0.1, 0.15) is 12.0 Å². The molecule has 0 aliphatic carbocycles. The molecule has 1 fully saturated rings. The van der Waals surface area contributed by atoms with Crippen LogP contribution in [-0.2, 0) is 0 Å². The molecule has 2 heterocycles. The minimum atomic E-state index is -2.88. The summed E-state index contributed by atoms with van der Waals surface area (Å²) in [5.74, 6) is 2.78. The third-order valence-electron chi connectivity index (χ3n) is 5.50. The fourth-order valence-electron chi connectivity index (χ4n) is 3.40. The van der Waals surface area contributed by atoms with Crippen LogP contribution in [-0.4, -0.2) is 46.8 Å². The van der Waals surface area contributed by atoms with Gasteiger partial charge in [0, 0.05) is 34.1 Å². The van der Waals surface area contributed by atoms with E-state index >= 15 is 0 Å². The number of aldehydes is 1. The Morgan fingerprint density at radius 3 is 2.47 bits per heavy atom. The van der Waals surface area contributed by atoms with E-state index in [1.165, 1.54) is 23.6 Å². The van der Waals surface area contributed by atoms with Gasteiger partial charge in [-0.3, -0.25) is 4.79 Å². The van der Waals surface area contributed by atoms with E-state index in [0.717, 1.165) is 28.4 Å². The number of alkyl halides is 2. The molecule has 0 amide bonds. The van der Waals surface area contributed by atoms with Crippen LogP contribution in [0.4, 0.5) is 8.78 Å². The van der Waals surface area contributed by atoms with Gasteiger partial charge in [-0.2, -0.15) is 25.6 Å². The van der Waals surface area contributed by atoms with Gasteiger partial charge in [0.2, 0.25) is 0 Å². The number of hydrogen-bond acceptors (Lipinski definition) is 5. The van der Waals surface area contributed by atoms with Crippen molar-refractivity contribution in [1.29, 1.82) is 0 Å².